The van der Waals surface area contributed by atoms with Gasteiger partial charge >= 0.3 is 0 Å². The zero-order valence-corrected chi connectivity index (χ0v) is 27.1. The van der Waals surface area contributed by atoms with Gasteiger partial charge in [-0.15, -0.1) is 0 Å². The number of fused-ring (bicyclic) bond motifs is 12. The number of carbonyl (C=O) groups is 4. The van der Waals surface area contributed by atoms with E-state index in [1.165, 1.54) is 9.80 Å². The zero-order chi connectivity index (χ0) is 33.4. The van der Waals surface area contributed by atoms with E-state index in [0.29, 0.717) is 11.4 Å². The van der Waals surface area contributed by atoms with Gasteiger partial charge in [-0.05, 0) is 105 Å². The van der Waals surface area contributed by atoms with Crippen LogP contribution in [0.3, 0.4) is 0 Å². The average molecular weight is 653 g/mol. The molecule has 0 aromatic heterocycles. The molecule has 8 unspecified atom stereocenters. The Hall–Kier alpha value is -5.62. The maximum absolute atomic E-state index is 13.5. The minimum absolute atomic E-state index is 0.0682. The van der Waals surface area contributed by atoms with Crippen LogP contribution in [-0.4, -0.2) is 23.6 Å². The predicted octanol–water partition coefficient (Wildman–Crippen LogP) is 7.95. The molecular weight excluding hydrogens is 620 g/mol. The Labute approximate surface area is 288 Å². The SMILES string of the molecule is O=C1C2C3C=CC(C3)C2C(=O)N1c1ccc(-c2c3ccccc3c(-c3ccc(N4C(=O)C5C6C=CC(C6)C5C4=O)cc3)c3ccccc23)cc1. The first kappa shape index (κ1) is 28.2. The Morgan fingerprint density at radius 3 is 0.940 bits per heavy atom. The monoisotopic (exact) mass is 652 g/mol. The highest BCUT2D eigenvalue weighted by Crippen LogP contribution is 2.55. The summed E-state index contributed by atoms with van der Waals surface area (Å²) in [5.74, 6) is -0.474. The van der Waals surface area contributed by atoms with Gasteiger partial charge in [-0.3, -0.25) is 29.0 Å². The van der Waals surface area contributed by atoms with E-state index in [1.54, 1.807) is 0 Å². The number of hydrogen-bond donors (Lipinski definition) is 0. The van der Waals surface area contributed by atoms with Crippen molar-refractivity contribution in [1.82, 2.24) is 0 Å². The van der Waals surface area contributed by atoms with Crippen molar-refractivity contribution in [3.05, 3.63) is 121 Å². The van der Waals surface area contributed by atoms with E-state index in [2.05, 4.69) is 48.6 Å². The fourth-order valence-corrected chi connectivity index (χ4v) is 10.6. The second-order valence-electron chi connectivity index (χ2n) is 15.0. The number of nitrogens with zero attached hydrogens (tertiary/aromatic N) is 2. The molecule has 4 aliphatic carbocycles. The second kappa shape index (κ2) is 9.97. The molecule has 2 saturated carbocycles. The third-order valence-corrected chi connectivity index (χ3v) is 12.7. The van der Waals surface area contributed by atoms with Gasteiger partial charge in [0, 0.05) is 0 Å². The van der Waals surface area contributed by atoms with Crippen LogP contribution in [0.4, 0.5) is 11.4 Å². The van der Waals surface area contributed by atoms with Crippen LogP contribution in [0.15, 0.2) is 121 Å². The molecule has 8 atom stereocenters. The third-order valence-electron chi connectivity index (χ3n) is 12.7. The molecular formula is C44H32N2O4. The summed E-state index contributed by atoms with van der Waals surface area (Å²) in [4.78, 5) is 56.8. The Balaban J connectivity index is 0.979. The fourth-order valence-electron chi connectivity index (χ4n) is 10.6. The first-order chi connectivity index (χ1) is 24.5. The number of allylic oxidation sites excluding steroid dienone is 4. The van der Waals surface area contributed by atoms with Crippen LogP contribution in [-0.2, 0) is 19.2 Å². The van der Waals surface area contributed by atoms with Crippen molar-refractivity contribution in [3.63, 3.8) is 0 Å². The van der Waals surface area contributed by atoms with Crippen molar-refractivity contribution in [2.24, 2.45) is 47.3 Å². The number of benzene rings is 5. The lowest BCUT2D eigenvalue weighted by molar-refractivity contribution is -0.124. The minimum atomic E-state index is -0.227. The molecule has 6 aliphatic rings. The maximum Gasteiger partial charge on any atom is 0.238 e. The molecule has 6 heteroatoms. The van der Waals surface area contributed by atoms with E-state index in [-0.39, 0.29) is 71.0 Å². The number of amides is 4. The van der Waals surface area contributed by atoms with Crippen LogP contribution in [0.1, 0.15) is 12.8 Å². The predicted molar refractivity (Wildman–Crippen MR) is 193 cm³/mol. The molecule has 2 aliphatic heterocycles. The van der Waals surface area contributed by atoms with Crippen LogP contribution in [0.5, 0.6) is 0 Å². The second-order valence-corrected chi connectivity index (χ2v) is 15.0. The Morgan fingerprint density at radius 1 is 0.380 bits per heavy atom. The lowest BCUT2D eigenvalue weighted by Gasteiger charge is -2.20. The van der Waals surface area contributed by atoms with Gasteiger partial charge in [0.05, 0.1) is 35.0 Å². The lowest BCUT2D eigenvalue weighted by Crippen LogP contribution is -2.32. The largest absolute Gasteiger partial charge is 0.274 e. The molecule has 4 fully saturated rings. The summed E-state index contributed by atoms with van der Waals surface area (Å²) in [7, 11) is 0. The number of hydrogen-bond acceptors (Lipinski definition) is 4. The summed E-state index contributed by atoms with van der Waals surface area (Å²) >= 11 is 0. The molecule has 0 N–H and O–H groups in total. The molecule has 242 valence electrons. The van der Waals surface area contributed by atoms with E-state index in [0.717, 1.165) is 56.6 Å². The quantitative estimate of drug-likeness (QED) is 0.112. The van der Waals surface area contributed by atoms with Crippen molar-refractivity contribution in [3.8, 4) is 22.3 Å². The highest BCUT2D eigenvalue weighted by Gasteiger charge is 2.60. The first-order valence-electron chi connectivity index (χ1n) is 17.7. The highest BCUT2D eigenvalue weighted by molar-refractivity contribution is 6.25. The Bertz CT molecular complexity index is 2140. The zero-order valence-electron chi connectivity index (χ0n) is 27.1. The van der Waals surface area contributed by atoms with Gasteiger partial charge in [-0.1, -0.05) is 97.1 Å². The molecule has 5 aromatic carbocycles. The molecule has 4 bridgehead atoms. The number of rotatable bonds is 4. The standard InChI is InChI=1S/C44H32N2O4/c47-41-37-25-9-10-26(21-25)38(37)42(48)45(41)29-17-13-23(14-18-29)35-31-5-1-2-6-32(31)36(34-8-4-3-7-33(34)35)24-15-19-30(20-16-24)46-43(49)39-27-11-12-28(22-27)40(39)44(46)50/h1-20,25-28,37-40H,21-22H2. The topological polar surface area (TPSA) is 74.8 Å². The molecule has 0 radical (unpaired) electrons. The summed E-state index contributed by atoms with van der Waals surface area (Å²) in [6.07, 6.45) is 10.3. The minimum Gasteiger partial charge on any atom is -0.274 e. The highest BCUT2D eigenvalue weighted by atomic mass is 16.2. The molecule has 4 amide bonds. The van der Waals surface area contributed by atoms with Gasteiger partial charge in [0.1, 0.15) is 0 Å². The third kappa shape index (κ3) is 3.58. The molecule has 2 heterocycles. The van der Waals surface area contributed by atoms with Crippen LogP contribution in [0.2, 0.25) is 0 Å². The van der Waals surface area contributed by atoms with E-state index in [4.69, 9.17) is 0 Å². The summed E-state index contributed by atoms with van der Waals surface area (Å²) in [6, 6.07) is 32.5. The molecule has 50 heavy (non-hydrogen) atoms. The van der Waals surface area contributed by atoms with Gasteiger partial charge in [-0.2, -0.15) is 0 Å². The molecule has 2 saturated heterocycles. The van der Waals surface area contributed by atoms with E-state index >= 15 is 0 Å². The summed E-state index contributed by atoms with van der Waals surface area (Å²) in [6.45, 7) is 0. The van der Waals surface area contributed by atoms with E-state index in [9.17, 15) is 19.2 Å². The molecule has 0 spiro atoms. The van der Waals surface area contributed by atoms with Gasteiger partial charge in [0.25, 0.3) is 0 Å². The van der Waals surface area contributed by atoms with Crippen LogP contribution < -0.4 is 9.80 Å². The fraction of sp³-hybridized carbons (Fsp3) is 0.227. The summed E-state index contributed by atoms with van der Waals surface area (Å²) in [5, 5.41) is 4.35. The van der Waals surface area contributed by atoms with E-state index in [1.807, 2.05) is 72.8 Å². The van der Waals surface area contributed by atoms with Crippen LogP contribution >= 0.6 is 0 Å². The van der Waals surface area contributed by atoms with Crippen LogP contribution in [0, 0.1) is 47.3 Å². The van der Waals surface area contributed by atoms with Gasteiger partial charge in [0.2, 0.25) is 23.6 Å². The number of anilines is 2. The average Bonchev–Trinajstić information content (AvgIpc) is 4.01. The number of imide groups is 2. The molecule has 11 rings (SSSR count). The summed E-state index contributed by atoms with van der Waals surface area (Å²) in [5.41, 5.74) is 5.44. The maximum atomic E-state index is 13.5. The van der Waals surface area contributed by atoms with Crippen molar-refractivity contribution in [1.29, 1.82) is 0 Å². The Morgan fingerprint density at radius 2 is 0.660 bits per heavy atom. The van der Waals surface area contributed by atoms with Gasteiger partial charge in [0.15, 0.2) is 0 Å². The van der Waals surface area contributed by atoms with Gasteiger partial charge in [-0.25, -0.2) is 0 Å². The molecule has 6 nitrogen and oxygen atoms in total. The normalized spacial score (nSPS) is 30.2. The van der Waals surface area contributed by atoms with Crippen molar-refractivity contribution < 1.29 is 19.2 Å². The smallest absolute Gasteiger partial charge is 0.238 e. The van der Waals surface area contributed by atoms with E-state index < -0.39 is 0 Å². The van der Waals surface area contributed by atoms with Crippen molar-refractivity contribution >= 4 is 56.5 Å². The van der Waals surface area contributed by atoms with Gasteiger partial charge < -0.3 is 0 Å². The van der Waals surface area contributed by atoms with Crippen molar-refractivity contribution in [2.75, 3.05) is 9.80 Å². The molecule has 5 aromatic rings. The number of carbonyl (C=O) groups excluding carboxylic acids is 4. The lowest BCUT2D eigenvalue weighted by atomic mass is 9.85. The van der Waals surface area contributed by atoms with Crippen LogP contribution in [0.25, 0.3) is 43.8 Å². The first-order valence-corrected chi connectivity index (χ1v) is 17.7. The van der Waals surface area contributed by atoms with Crippen molar-refractivity contribution in [2.45, 2.75) is 12.8 Å². The Kier molecular flexibility index (Phi) is 5.63. The summed E-state index contributed by atoms with van der Waals surface area (Å²) < 4.78 is 0.